The number of fused-ring (bicyclic) bond motifs is 3. The summed E-state index contributed by atoms with van der Waals surface area (Å²) in [6.07, 6.45) is 6.91. The van der Waals surface area contributed by atoms with Crippen molar-refractivity contribution in [3.05, 3.63) is 41.5 Å². The van der Waals surface area contributed by atoms with E-state index in [4.69, 9.17) is 9.47 Å². The Morgan fingerprint density at radius 3 is 2.91 bits per heavy atom. The van der Waals surface area contributed by atoms with Gasteiger partial charge in [-0.15, -0.1) is 0 Å². The molecular weight excluding hydrogens is 442 g/mol. The fraction of sp³-hybridized carbons (Fsp3) is 0.522. The second-order valence-electron chi connectivity index (χ2n) is 8.69. The molecule has 1 fully saturated rings. The van der Waals surface area contributed by atoms with E-state index in [1.54, 1.807) is 36.3 Å². The number of likely N-dealkylation sites (tertiary alicyclic amines) is 1. The maximum absolute atomic E-state index is 13.4. The van der Waals surface area contributed by atoms with E-state index in [0.29, 0.717) is 36.6 Å². The number of rotatable bonds is 6. The van der Waals surface area contributed by atoms with Crippen LogP contribution in [0.4, 0.5) is 0 Å². The summed E-state index contributed by atoms with van der Waals surface area (Å²) in [4.78, 5) is 36.1. The number of hydrogen-bond donors (Lipinski definition) is 3. The Morgan fingerprint density at radius 1 is 1.27 bits per heavy atom. The number of amides is 2. The van der Waals surface area contributed by atoms with Gasteiger partial charge in [-0.05, 0) is 49.5 Å². The number of carbonyl (C=O) groups excluding carboxylic acids is 2. The molecule has 0 radical (unpaired) electrons. The fourth-order valence-electron chi connectivity index (χ4n) is 4.95. The summed E-state index contributed by atoms with van der Waals surface area (Å²) in [6.45, 7) is 2.33. The molecule has 2 amide bonds. The van der Waals surface area contributed by atoms with E-state index < -0.39 is 6.04 Å². The number of imidazole rings is 1. The number of nitrogens with one attached hydrogen (secondary N) is 3. The van der Waals surface area contributed by atoms with Crippen LogP contribution in [0.15, 0.2) is 24.5 Å². The number of ether oxygens (including phenoxy) is 2. The largest absolute Gasteiger partial charge is 0.454 e. The maximum atomic E-state index is 13.4. The lowest BCUT2D eigenvalue weighted by Gasteiger charge is -2.44. The minimum atomic E-state index is -0.565. The fourth-order valence-corrected chi connectivity index (χ4v) is 5.42. The van der Waals surface area contributed by atoms with E-state index in [0.717, 1.165) is 37.3 Å². The highest BCUT2D eigenvalue weighted by molar-refractivity contribution is 7.98. The topological polar surface area (TPSA) is 109 Å². The summed E-state index contributed by atoms with van der Waals surface area (Å²) in [5.41, 5.74) is 2.57. The first-order chi connectivity index (χ1) is 16.1. The molecule has 4 heterocycles. The predicted molar refractivity (Wildman–Crippen MR) is 125 cm³/mol. The molecule has 1 spiro atoms. The lowest BCUT2D eigenvalue weighted by atomic mass is 9.80. The summed E-state index contributed by atoms with van der Waals surface area (Å²) in [5, 5.41) is 6.62. The van der Waals surface area contributed by atoms with E-state index in [2.05, 4.69) is 20.6 Å². The van der Waals surface area contributed by atoms with E-state index in [-0.39, 0.29) is 24.1 Å². The number of H-pyrrole nitrogens is 1. The van der Waals surface area contributed by atoms with E-state index in [9.17, 15) is 9.59 Å². The van der Waals surface area contributed by atoms with Gasteiger partial charge in [-0.1, -0.05) is 0 Å². The van der Waals surface area contributed by atoms with Crippen LogP contribution in [0.3, 0.4) is 0 Å². The van der Waals surface area contributed by atoms with Crippen LogP contribution in [0.2, 0.25) is 0 Å². The van der Waals surface area contributed by atoms with Crippen LogP contribution in [-0.4, -0.2) is 71.2 Å². The van der Waals surface area contributed by atoms with Crippen LogP contribution in [0.25, 0.3) is 0 Å². The number of benzene rings is 1. The predicted octanol–water partition coefficient (Wildman–Crippen LogP) is 1.65. The van der Waals surface area contributed by atoms with Gasteiger partial charge >= 0.3 is 0 Å². The molecule has 9 nitrogen and oxygen atoms in total. The standard InChI is InChI=1S/C23H29N5O4S/c1-33-11-5-17(27-21(29)15-2-3-18-19(12-15)32-14-31-18)22(30)28-9-6-23(7-10-28)20-16(4-8-26-23)24-13-25-20/h2-3,12-13,17,26H,4-11,14H2,1H3,(H,24,25)(H,27,29). The number of carbonyl (C=O) groups is 2. The first-order valence-corrected chi connectivity index (χ1v) is 12.7. The second kappa shape index (κ2) is 9.26. The van der Waals surface area contributed by atoms with Crippen molar-refractivity contribution >= 4 is 23.6 Å². The number of hydrogen-bond acceptors (Lipinski definition) is 7. The molecule has 3 N–H and O–H groups in total. The highest BCUT2D eigenvalue weighted by Crippen LogP contribution is 2.36. The highest BCUT2D eigenvalue weighted by Gasteiger charge is 2.42. The van der Waals surface area contributed by atoms with Gasteiger partial charge < -0.3 is 30.0 Å². The molecule has 176 valence electrons. The number of nitrogens with zero attached hydrogens (tertiary/aromatic N) is 2. The number of aromatic amines is 1. The molecule has 0 aliphatic carbocycles. The van der Waals surface area contributed by atoms with Gasteiger partial charge in [0.25, 0.3) is 5.91 Å². The van der Waals surface area contributed by atoms with E-state index in [1.165, 1.54) is 5.69 Å². The van der Waals surface area contributed by atoms with Crippen LogP contribution >= 0.6 is 11.8 Å². The first kappa shape index (κ1) is 22.1. The van der Waals surface area contributed by atoms with Gasteiger partial charge in [0.05, 0.1) is 17.6 Å². The summed E-state index contributed by atoms with van der Waals surface area (Å²) >= 11 is 1.66. The van der Waals surface area contributed by atoms with Gasteiger partial charge in [0.15, 0.2) is 11.5 Å². The molecule has 2 aromatic rings. The minimum absolute atomic E-state index is 0.0222. The van der Waals surface area contributed by atoms with Gasteiger partial charge in [0.2, 0.25) is 12.7 Å². The molecule has 3 aliphatic rings. The van der Waals surface area contributed by atoms with Crippen LogP contribution in [-0.2, 0) is 16.8 Å². The molecule has 5 rings (SSSR count). The van der Waals surface area contributed by atoms with Crippen molar-refractivity contribution in [2.24, 2.45) is 0 Å². The van der Waals surface area contributed by atoms with Gasteiger partial charge in [0.1, 0.15) is 6.04 Å². The molecule has 0 bridgehead atoms. The van der Waals surface area contributed by atoms with E-state index in [1.807, 2.05) is 11.2 Å². The summed E-state index contributed by atoms with van der Waals surface area (Å²) in [7, 11) is 0. The smallest absolute Gasteiger partial charge is 0.252 e. The second-order valence-corrected chi connectivity index (χ2v) is 9.68. The van der Waals surface area contributed by atoms with Crippen molar-refractivity contribution in [3.8, 4) is 11.5 Å². The number of aromatic nitrogens is 2. The normalized spacial score (nSPS) is 19.2. The van der Waals surface area contributed by atoms with Crippen molar-refractivity contribution in [2.45, 2.75) is 37.3 Å². The van der Waals surface area contributed by atoms with Crippen LogP contribution in [0, 0.1) is 0 Å². The molecule has 1 atom stereocenters. The highest BCUT2D eigenvalue weighted by atomic mass is 32.2. The van der Waals surface area contributed by atoms with Crippen molar-refractivity contribution < 1.29 is 19.1 Å². The lowest BCUT2D eigenvalue weighted by Crippen LogP contribution is -2.57. The third-order valence-corrected chi connectivity index (χ3v) is 7.43. The monoisotopic (exact) mass is 471 g/mol. The third kappa shape index (κ3) is 4.29. The van der Waals surface area contributed by atoms with Crippen molar-refractivity contribution in [2.75, 3.05) is 38.4 Å². The maximum Gasteiger partial charge on any atom is 0.252 e. The molecule has 3 aliphatic heterocycles. The molecule has 1 aromatic carbocycles. The van der Waals surface area contributed by atoms with Crippen LogP contribution < -0.4 is 20.1 Å². The van der Waals surface area contributed by atoms with Gasteiger partial charge in [-0.2, -0.15) is 11.8 Å². The first-order valence-electron chi connectivity index (χ1n) is 11.4. The Bertz CT molecular complexity index is 1030. The summed E-state index contributed by atoms with van der Waals surface area (Å²) in [6, 6.07) is 4.51. The summed E-state index contributed by atoms with van der Waals surface area (Å²) in [5.74, 6) is 1.66. The van der Waals surface area contributed by atoms with Crippen LogP contribution in [0.1, 0.15) is 41.0 Å². The minimum Gasteiger partial charge on any atom is -0.454 e. The zero-order valence-corrected chi connectivity index (χ0v) is 19.5. The molecule has 0 saturated carbocycles. The summed E-state index contributed by atoms with van der Waals surface area (Å²) < 4.78 is 10.7. The quantitative estimate of drug-likeness (QED) is 0.588. The Balaban J connectivity index is 1.26. The number of thioether (sulfide) groups is 1. The molecule has 33 heavy (non-hydrogen) atoms. The Morgan fingerprint density at radius 2 is 2.09 bits per heavy atom. The zero-order chi connectivity index (χ0) is 22.8. The molecule has 1 aromatic heterocycles. The average molecular weight is 472 g/mol. The van der Waals surface area contributed by atoms with Crippen molar-refractivity contribution in [1.29, 1.82) is 0 Å². The lowest BCUT2D eigenvalue weighted by molar-refractivity contribution is -0.135. The third-order valence-electron chi connectivity index (χ3n) is 6.79. The molecule has 1 saturated heterocycles. The van der Waals surface area contributed by atoms with Gasteiger partial charge in [-0.3, -0.25) is 9.59 Å². The Labute approximate surface area is 197 Å². The Hall–Kier alpha value is -2.72. The van der Waals surface area contributed by atoms with Crippen LogP contribution in [0.5, 0.6) is 11.5 Å². The number of piperidine rings is 1. The zero-order valence-electron chi connectivity index (χ0n) is 18.7. The SMILES string of the molecule is CSCCC(NC(=O)c1ccc2c(c1)OCO2)C(=O)N1CCC2(CC1)NCCc1[nH]cnc12. The van der Waals surface area contributed by atoms with E-state index >= 15 is 0 Å². The van der Waals surface area contributed by atoms with Crippen molar-refractivity contribution in [3.63, 3.8) is 0 Å². The molecular formula is C23H29N5O4S. The molecule has 1 unspecified atom stereocenters. The Kier molecular flexibility index (Phi) is 6.20. The molecule has 10 heteroatoms. The van der Waals surface area contributed by atoms with Gasteiger partial charge in [0, 0.05) is 37.3 Å². The van der Waals surface area contributed by atoms with Gasteiger partial charge in [-0.25, -0.2) is 4.98 Å². The average Bonchev–Trinajstić information content (AvgIpc) is 3.51. The van der Waals surface area contributed by atoms with Crippen molar-refractivity contribution in [1.82, 2.24) is 25.5 Å².